The summed E-state index contributed by atoms with van der Waals surface area (Å²) in [4.78, 5) is 16.1. The maximum atomic E-state index is 11.8. The predicted molar refractivity (Wildman–Crippen MR) is 68.1 cm³/mol. The molecule has 2 rings (SSSR count). The number of amides is 2. The number of carbonyl (C=O) groups excluding carboxylic acids is 1. The van der Waals surface area contributed by atoms with E-state index in [4.69, 9.17) is 0 Å². The van der Waals surface area contributed by atoms with Crippen LogP contribution in [0.3, 0.4) is 0 Å². The summed E-state index contributed by atoms with van der Waals surface area (Å²) in [5.74, 6) is 0. The molecule has 2 N–H and O–H groups in total. The summed E-state index contributed by atoms with van der Waals surface area (Å²) in [6, 6.07) is 0.882. The minimum atomic E-state index is 0.110. The van der Waals surface area contributed by atoms with E-state index in [1.54, 1.807) is 0 Å². The standard InChI is InChI=1S/C12H24N4O/c1-3-4-10-8-16(12(17)14-10)9-11-7-15(2)6-5-13-11/h10-11,13H,3-9H2,1-2H3,(H,14,17). The smallest absolute Gasteiger partial charge is 0.317 e. The van der Waals surface area contributed by atoms with Crippen LogP contribution in [0, 0.1) is 0 Å². The molecule has 0 aromatic heterocycles. The molecule has 2 atom stereocenters. The Kier molecular flexibility index (Phi) is 4.23. The van der Waals surface area contributed by atoms with Gasteiger partial charge < -0.3 is 20.4 Å². The van der Waals surface area contributed by atoms with Crippen LogP contribution in [0.1, 0.15) is 19.8 Å². The summed E-state index contributed by atoms with van der Waals surface area (Å²) in [7, 11) is 2.14. The number of nitrogens with zero attached hydrogens (tertiary/aromatic N) is 2. The fourth-order valence-corrected chi connectivity index (χ4v) is 2.71. The van der Waals surface area contributed by atoms with Gasteiger partial charge in [0.1, 0.15) is 0 Å². The SMILES string of the molecule is CCCC1CN(CC2CN(C)CCN2)C(=O)N1. The lowest BCUT2D eigenvalue weighted by Gasteiger charge is -2.33. The van der Waals surface area contributed by atoms with Crippen molar-refractivity contribution >= 4 is 6.03 Å². The molecule has 0 saturated carbocycles. The van der Waals surface area contributed by atoms with E-state index in [9.17, 15) is 4.79 Å². The molecule has 98 valence electrons. The number of piperazine rings is 1. The van der Waals surface area contributed by atoms with Crippen LogP contribution in [0.15, 0.2) is 0 Å². The van der Waals surface area contributed by atoms with E-state index in [1.165, 1.54) is 0 Å². The summed E-state index contributed by atoms with van der Waals surface area (Å²) in [6.07, 6.45) is 2.21. The highest BCUT2D eigenvalue weighted by atomic mass is 16.2. The highest BCUT2D eigenvalue weighted by Gasteiger charge is 2.30. The Morgan fingerprint density at radius 3 is 2.88 bits per heavy atom. The van der Waals surface area contributed by atoms with E-state index in [0.717, 1.165) is 45.6 Å². The third-order valence-electron chi connectivity index (χ3n) is 3.59. The Balaban J connectivity index is 1.80. The fourth-order valence-electron chi connectivity index (χ4n) is 2.71. The maximum absolute atomic E-state index is 11.8. The monoisotopic (exact) mass is 240 g/mol. The first-order valence-corrected chi connectivity index (χ1v) is 6.66. The molecule has 2 saturated heterocycles. The van der Waals surface area contributed by atoms with Crippen molar-refractivity contribution in [3.63, 3.8) is 0 Å². The van der Waals surface area contributed by atoms with Crippen molar-refractivity contribution in [2.45, 2.75) is 31.8 Å². The third kappa shape index (κ3) is 3.33. The molecule has 2 aliphatic heterocycles. The van der Waals surface area contributed by atoms with Crippen LogP contribution >= 0.6 is 0 Å². The average Bonchev–Trinajstić information content (AvgIpc) is 2.60. The van der Waals surface area contributed by atoms with Crippen molar-refractivity contribution in [1.82, 2.24) is 20.4 Å². The van der Waals surface area contributed by atoms with Crippen molar-refractivity contribution in [2.24, 2.45) is 0 Å². The van der Waals surface area contributed by atoms with Gasteiger partial charge in [-0.2, -0.15) is 0 Å². The van der Waals surface area contributed by atoms with Crippen LogP contribution in [-0.2, 0) is 0 Å². The predicted octanol–water partition coefficient (Wildman–Crippen LogP) is 0.0839. The molecule has 2 amide bonds. The second-order valence-corrected chi connectivity index (χ2v) is 5.25. The number of nitrogens with one attached hydrogen (secondary N) is 2. The summed E-state index contributed by atoms with van der Waals surface area (Å²) in [6.45, 7) is 7.01. The number of hydrogen-bond donors (Lipinski definition) is 2. The van der Waals surface area contributed by atoms with Crippen LogP contribution in [0.4, 0.5) is 4.79 Å². The van der Waals surface area contributed by atoms with Crippen molar-refractivity contribution in [1.29, 1.82) is 0 Å². The zero-order chi connectivity index (χ0) is 12.3. The van der Waals surface area contributed by atoms with E-state index in [2.05, 4.69) is 29.5 Å². The quantitative estimate of drug-likeness (QED) is 0.732. The fraction of sp³-hybridized carbons (Fsp3) is 0.917. The van der Waals surface area contributed by atoms with Crippen LogP contribution in [-0.4, -0.2) is 67.7 Å². The zero-order valence-corrected chi connectivity index (χ0v) is 10.9. The second kappa shape index (κ2) is 5.69. The van der Waals surface area contributed by atoms with Gasteiger partial charge in [0.2, 0.25) is 0 Å². The molecule has 0 aromatic rings. The molecule has 5 heteroatoms. The van der Waals surface area contributed by atoms with Gasteiger partial charge in [0.25, 0.3) is 0 Å². The number of hydrogen-bond acceptors (Lipinski definition) is 3. The number of carbonyl (C=O) groups is 1. The van der Waals surface area contributed by atoms with Gasteiger partial charge in [0.05, 0.1) is 0 Å². The molecule has 0 spiro atoms. The second-order valence-electron chi connectivity index (χ2n) is 5.25. The molecule has 2 heterocycles. The normalized spacial score (nSPS) is 30.7. The zero-order valence-electron chi connectivity index (χ0n) is 10.9. The van der Waals surface area contributed by atoms with E-state index in [0.29, 0.717) is 12.1 Å². The highest BCUT2D eigenvalue weighted by molar-refractivity contribution is 5.76. The molecule has 0 aliphatic carbocycles. The number of urea groups is 1. The third-order valence-corrected chi connectivity index (χ3v) is 3.59. The first-order chi connectivity index (χ1) is 8.19. The Hall–Kier alpha value is -0.810. The van der Waals surface area contributed by atoms with Crippen LogP contribution < -0.4 is 10.6 Å². The highest BCUT2D eigenvalue weighted by Crippen LogP contribution is 2.10. The van der Waals surface area contributed by atoms with Crippen molar-refractivity contribution in [2.75, 3.05) is 39.8 Å². The largest absolute Gasteiger partial charge is 0.333 e. The molecule has 2 aliphatic rings. The summed E-state index contributed by atoms with van der Waals surface area (Å²) in [5, 5.41) is 6.53. The van der Waals surface area contributed by atoms with Crippen LogP contribution in [0.2, 0.25) is 0 Å². The van der Waals surface area contributed by atoms with Gasteiger partial charge in [-0.15, -0.1) is 0 Å². The maximum Gasteiger partial charge on any atom is 0.317 e. The molecule has 5 nitrogen and oxygen atoms in total. The van der Waals surface area contributed by atoms with Gasteiger partial charge in [-0.3, -0.25) is 0 Å². The molecule has 0 radical (unpaired) electrons. The van der Waals surface area contributed by atoms with Crippen molar-refractivity contribution in [3.8, 4) is 0 Å². The molecule has 17 heavy (non-hydrogen) atoms. The Morgan fingerprint density at radius 2 is 2.18 bits per heavy atom. The summed E-state index contributed by atoms with van der Waals surface area (Å²) >= 11 is 0. The van der Waals surface area contributed by atoms with Crippen molar-refractivity contribution < 1.29 is 4.79 Å². The molecular formula is C12H24N4O. The van der Waals surface area contributed by atoms with Gasteiger partial charge >= 0.3 is 6.03 Å². The Morgan fingerprint density at radius 1 is 1.35 bits per heavy atom. The van der Waals surface area contributed by atoms with E-state index < -0.39 is 0 Å². The topological polar surface area (TPSA) is 47.6 Å². The number of likely N-dealkylation sites (N-methyl/N-ethyl adjacent to an activating group) is 1. The summed E-state index contributed by atoms with van der Waals surface area (Å²) in [5.41, 5.74) is 0. The van der Waals surface area contributed by atoms with Crippen LogP contribution in [0.5, 0.6) is 0 Å². The van der Waals surface area contributed by atoms with E-state index >= 15 is 0 Å². The van der Waals surface area contributed by atoms with Crippen LogP contribution in [0.25, 0.3) is 0 Å². The lowest BCUT2D eigenvalue weighted by Crippen LogP contribution is -2.54. The average molecular weight is 240 g/mol. The molecular weight excluding hydrogens is 216 g/mol. The lowest BCUT2D eigenvalue weighted by atomic mass is 10.1. The molecule has 0 aromatic carbocycles. The Labute approximate surface area is 104 Å². The van der Waals surface area contributed by atoms with E-state index in [-0.39, 0.29) is 6.03 Å². The van der Waals surface area contributed by atoms with E-state index in [1.807, 2.05) is 4.90 Å². The first kappa shape index (κ1) is 12.6. The van der Waals surface area contributed by atoms with Gasteiger partial charge in [0, 0.05) is 44.8 Å². The minimum Gasteiger partial charge on any atom is -0.333 e. The van der Waals surface area contributed by atoms with Crippen molar-refractivity contribution in [3.05, 3.63) is 0 Å². The lowest BCUT2D eigenvalue weighted by molar-refractivity contribution is 0.186. The first-order valence-electron chi connectivity index (χ1n) is 6.66. The molecule has 0 bridgehead atoms. The van der Waals surface area contributed by atoms with Gasteiger partial charge in [-0.25, -0.2) is 4.79 Å². The Bertz CT molecular complexity index is 271. The van der Waals surface area contributed by atoms with Gasteiger partial charge in [0.15, 0.2) is 0 Å². The molecule has 2 fully saturated rings. The van der Waals surface area contributed by atoms with Gasteiger partial charge in [-0.05, 0) is 13.5 Å². The van der Waals surface area contributed by atoms with Gasteiger partial charge in [-0.1, -0.05) is 13.3 Å². The summed E-state index contributed by atoms with van der Waals surface area (Å²) < 4.78 is 0. The number of rotatable bonds is 4. The molecule has 2 unspecified atom stereocenters. The minimum absolute atomic E-state index is 0.110.